The number of hydrogen-bond acceptors (Lipinski definition) is 7. The van der Waals surface area contributed by atoms with Crippen molar-refractivity contribution in [1.82, 2.24) is 24.6 Å². The monoisotopic (exact) mass is 472 g/mol. The fourth-order valence-electron chi connectivity index (χ4n) is 3.48. The maximum Gasteiger partial charge on any atom is 0.256 e. The smallest absolute Gasteiger partial charge is 0.256 e. The van der Waals surface area contributed by atoms with Crippen LogP contribution < -0.4 is 4.90 Å². The summed E-state index contributed by atoms with van der Waals surface area (Å²) in [5.41, 5.74) is 5.44. The topological polar surface area (TPSA) is 76.3 Å². The largest absolute Gasteiger partial charge is 0.274 e. The molecule has 0 aliphatic carbocycles. The standard InChI is InChI=1S/C21H21ClN6OS2/c1-11-6-12(2)18(17(22)7-11)28(15(5)29)20-24-16(9-30-20)10-31-21-26-25-19-23-13(3)8-14(4)27(19)21/h6-9H,10H2,1-5H3. The second kappa shape index (κ2) is 8.57. The van der Waals surface area contributed by atoms with Crippen molar-refractivity contribution in [3.8, 4) is 0 Å². The third-order valence-corrected chi connectivity index (χ3v) is 6.81. The van der Waals surface area contributed by atoms with Crippen LogP contribution in [0.2, 0.25) is 5.02 Å². The third kappa shape index (κ3) is 4.30. The van der Waals surface area contributed by atoms with Crippen LogP contribution in [0.3, 0.4) is 0 Å². The molecule has 0 saturated heterocycles. The number of halogens is 1. The van der Waals surface area contributed by atoms with Gasteiger partial charge in [0.05, 0.1) is 16.4 Å². The Hall–Kier alpha value is -2.49. The van der Waals surface area contributed by atoms with Crippen LogP contribution in [-0.4, -0.2) is 30.5 Å². The fourth-order valence-corrected chi connectivity index (χ4v) is 5.74. The number of fused-ring (bicyclic) bond motifs is 1. The molecule has 1 aromatic carbocycles. The predicted octanol–water partition coefficient (Wildman–Crippen LogP) is 5.44. The number of benzene rings is 1. The van der Waals surface area contributed by atoms with Crippen LogP contribution in [0.4, 0.5) is 10.8 Å². The maximum absolute atomic E-state index is 12.5. The van der Waals surface area contributed by atoms with E-state index in [4.69, 9.17) is 16.6 Å². The average molecular weight is 473 g/mol. The zero-order chi connectivity index (χ0) is 22.3. The summed E-state index contributed by atoms with van der Waals surface area (Å²) in [6.07, 6.45) is 0. The highest BCUT2D eigenvalue weighted by molar-refractivity contribution is 7.98. The van der Waals surface area contributed by atoms with Crippen molar-refractivity contribution in [2.24, 2.45) is 0 Å². The number of hydrogen-bond donors (Lipinski definition) is 0. The van der Waals surface area contributed by atoms with E-state index in [1.807, 2.05) is 55.7 Å². The van der Waals surface area contributed by atoms with E-state index in [-0.39, 0.29) is 5.91 Å². The second-order valence-electron chi connectivity index (χ2n) is 7.33. The zero-order valence-corrected chi connectivity index (χ0v) is 20.2. The van der Waals surface area contributed by atoms with Crippen LogP contribution >= 0.6 is 34.7 Å². The zero-order valence-electron chi connectivity index (χ0n) is 17.8. The summed E-state index contributed by atoms with van der Waals surface area (Å²) in [6.45, 7) is 9.39. The highest BCUT2D eigenvalue weighted by atomic mass is 35.5. The molecule has 4 rings (SSSR count). The van der Waals surface area contributed by atoms with Gasteiger partial charge in [0.25, 0.3) is 5.78 Å². The van der Waals surface area contributed by atoms with Crippen molar-refractivity contribution < 1.29 is 4.79 Å². The van der Waals surface area contributed by atoms with Gasteiger partial charge in [0.2, 0.25) is 5.91 Å². The van der Waals surface area contributed by atoms with Gasteiger partial charge in [-0.2, -0.15) is 0 Å². The van der Waals surface area contributed by atoms with Crippen molar-refractivity contribution in [2.75, 3.05) is 4.90 Å². The van der Waals surface area contributed by atoms with Crippen LogP contribution in [0.25, 0.3) is 5.78 Å². The molecule has 0 saturated carbocycles. The summed E-state index contributed by atoms with van der Waals surface area (Å²) in [6, 6.07) is 5.87. The first kappa shape index (κ1) is 21.7. The van der Waals surface area contributed by atoms with E-state index in [9.17, 15) is 4.79 Å². The number of carbonyl (C=O) groups excluding carboxylic acids is 1. The number of aryl methyl sites for hydroxylation is 4. The number of thiazole rings is 1. The number of amides is 1. The van der Waals surface area contributed by atoms with E-state index in [1.165, 1.54) is 30.0 Å². The van der Waals surface area contributed by atoms with Gasteiger partial charge in [0.15, 0.2) is 10.3 Å². The highest BCUT2D eigenvalue weighted by Gasteiger charge is 2.23. The molecule has 0 unspecified atom stereocenters. The van der Waals surface area contributed by atoms with Crippen molar-refractivity contribution >= 4 is 57.2 Å². The van der Waals surface area contributed by atoms with E-state index < -0.39 is 0 Å². The number of thioether (sulfide) groups is 1. The van der Waals surface area contributed by atoms with Crippen molar-refractivity contribution in [2.45, 2.75) is 45.5 Å². The minimum absolute atomic E-state index is 0.136. The van der Waals surface area contributed by atoms with Crippen molar-refractivity contribution in [3.63, 3.8) is 0 Å². The molecular weight excluding hydrogens is 452 g/mol. The SMILES string of the molecule is CC(=O)N(c1nc(CSc2nnc3nc(C)cc(C)n23)cs1)c1c(C)cc(C)cc1Cl. The molecule has 10 heteroatoms. The molecule has 1 amide bonds. The molecule has 0 bridgehead atoms. The lowest BCUT2D eigenvalue weighted by Gasteiger charge is -2.22. The van der Waals surface area contributed by atoms with E-state index in [1.54, 1.807) is 4.90 Å². The molecule has 3 heterocycles. The Kier molecular flexibility index (Phi) is 6.00. The first-order chi connectivity index (χ1) is 14.7. The summed E-state index contributed by atoms with van der Waals surface area (Å²) >= 11 is 9.44. The minimum atomic E-state index is -0.136. The molecule has 4 aromatic rings. The Morgan fingerprint density at radius 1 is 1.16 bits per heavy atom. The molecular formula is C21H21ClN6OS2. The Morgan fingerprint density at radius 2 is 1.94 bits per heavy atom. The van der Waals surface area contributed by atoms with Crippen LogP contribution in [0.15, 0.2) is 28.7 Å². The highest BCUT2D eigenvalue weighted by Crippen LogP contribution is 2.38. The lowest BCUT2D eigenvalue weighted by molar-refractivity contribution is -0.115. The Morgan fingerprint density at radius 3 is 2.65 bits per heavy atom. The van der Waals surface area contributed by atoms with Crippen LogP contribution in [0.5, 0.6) is 0 Å². The van der Waals surface area contributed by atoms with Gasteiger partial charge in [-0.1, -0.05) is 29.4 Å². The Bertz CT molecular complexity index is 1280. The summed E-state index contributed by atoms with van der Waals surface area (Å²) < 4.78 is 1.93. The molecule has 3 aromatic heterocycles. The lowest BCUT2D eigenvalue weighted by atomic mass is 10.1. The second-order valence-corrected chi connectivity index (χ2v) is 9.52. The number of carbonyl (C=O) groups is 1. The molecule has 0 N–H and O–H groups in total. The van der Waals surface area contributed by atoms with Crippen LogP contribution in [0, 0.1) is 27.7 Å². The van der Waals surface area contributed by atoms with Crippen molar-refractivity contribution in [1.29, 1.82) is 0 Å². The van der Waals surface area contributed by atoms with E-state index in [0.717, 1.165) is 33.4 Å². The number of rotatable bonds is 5. The summed E-state index contributed by atoms with van der Waals surface area (Å²) in [4.78, 5) is 23.2. The van der Waals surface area contributed by atoms with Crippen LogP contribution in [0.1, 0.15) is 35.1 Å². The molecule has 0 radical (unpaired) electrons. The molecule has 0 aliphatic heterocycles. The maximum atomic E-state index is 12.5. The minimum Gasteiger partial charge on any atom is -0.274 e. The van der Waals surface area contributed by atoms with Gasteiger partial charge in [-0.15, -0.1) is 21.5 Å². The van der Waals surface area contributed by atoms with E-state index in [0.29, 0.717) is 27.4 Å². The predicted molar refractivity (Wildman–Crippen MR) is 126 cm³/mol. The molecule has 160 valence electrons. The number of aromatic nitrogens is 5. The van der Waals surface area contributed by atoms with Gasteiger partial charge in [-0.3, -0.25) is 14.1 Å². The van der Waals surface area contributed by atoms with Gasteiger partial charge in [-0.05, 0) is 51.0 Å². The number of nitrogens with zero attached hydrogens (tertiary/aromatic N) is 6. The van der Waals surface area contributed by atoms with E-state index >= 15 is 0 Å². The summed E-state index contributed by atoms with van der Waals surface area (Å²) in [5.74, 6) is 1.05. The van der Waals surface area contributed by atoms with E-state index in [2.05, 4.69) is 15.2 Å². The Balaban J connectivity index is 1.60. The quantitative estimate of drug-likeness (QED) is 0.360. The van der Waals surface area contributed by atoms with Gasteiger partial charge >= 0.3 is 0 Å². The first-order valence-corrected chi connectivity index (χ1v) is 11.8. The normalized spacial score (nSPS) is 11.3. The summed E-state index contributed by atoms with van der Waals surface area (Å²) in [7, 11) is 0. The molecule has 0 aliphatic rings. The molecule has 0 fully saturated rings. The third-order valence-electron chi connectivity index (χ3n) is 4.68. The van der Waals surface area contributed by atoms with Crippen LogP contribution in [-0.2, 0) is 10.5 Å². The average Bonchev–Trinajstić information content (AvgIpc) is 3.29. The van der Waals surface area contributed by atoms with Crippen molar-refractivity contribution in [3.05, 3.63) is 56.8 Å². The molecule has 0 spiro atoms. The fraction of sp³-hybridized carbons (Fsp3) is 0.286. The summed E-state index contributed by atoms with van der Waals surface area (Å²) in [5, 5.41) is 12.3. The first-order valence-electron chi connectivity index (χ1n) is 9.58. The molecule has 31 heavy (non-hydrogen) atoms. The lowest BCUT2D eigenvalue weighted by Crippen LogP contribution is -2.24. The number of anilines is 2. The molecule has 7 nitrogen and oxygen atoms in total. The Labute approximate surface area is 193 Å². The van der Waals surface area contributed by atoms with Gasteiger partial charge in [0, 0.05) is 29.4 Å². The van der Waals surface area contributed by atoms with Gasteiger partial charge in [-0.25, -0.2) is 9.97 Å². The van der Waals surface area contributed by atoms with Gasteiger partial charge in [0.1, 0.15) is 0 Å². The molecule has 0 atom stereocenters. The van der Waals surface area contributed by atoms with Gasteiger partial charge < -0.3 is 0 Å².